The summed E-state index contributed by atoms with van der Waals surface area (Å²) in [5.41, 5.74) is 2.53. The standard InChI is InChI=1S/C30H29ClN6O2/c1-3-32-13-21-15-37(27-14-33-12-20-6-4-5-7-24(20)27)29(39)30(21)17-36(16-23-10-19(2)34-18-35-23)28(38)25-9-8-22(31)11-26(25)30/h4-12,14,18,21,32H,3,13,15-17H2,1-2H3/t21-,30-/m0/s1. The van der Waals surface area contributed by atoms with E-state index in [2.05, 4.69) is 27.2 Å². The molecule has 0 unspecified atom stereocenters. The van der Waals surface area contributed by atoms with E-state index in [0.717, 1.165) is 34.4 Å². The minimum absolute atomic E-state index is 0.0524. The average molecular weight is 541 g/mol. The molecule has 1 fully saturated rings. The monoisotopic (exact) mass is 540 g/mol. The first-order chi connectivity index (χ1) is 18.9. The Labute approximate surface area is 232 Å². The van der Waals surface area contributed by atoms with E-state index >= 15 is 0 Å². The fourth-order valence-electron chi connectivity index (χ4n) is 6.11. The Bertz CT molecular complexity index is 1590. The number of hydrogen-bond donors (Lipinski definition) is 1. The Morgan fingerprint density at radius 2 is 1.95 bits per heavy atom. The largest absolute Gasteiger partial charge is 0.331 e. The number of fused-ring (bicyclic) bond motifs is 3. The lowest BCUT2D eigenvalue weighted by atomic mass is 9.67. The van der Waals surface area contributed by atoms with Gasteiger partial charge in [-0.3, -0.25) is 14.6 Å². The molecule has 2 amide bonds. The van der Waals surface area contributed by atoms with Crippen molar-refractivity contribution in [3.8, 4) is 0 Å². The molecule has 0 radical (unpaired) electrons. The van der Waals surface area contributed by atoms with Crippen molar-refractivity contribution < 1.29 is 9.59 Å². The lowest BCUT2D eigenvalue weighted by Gasteiger charge is -2.43. The summed E-state index contributed by atoms with van der Waals surface area (Å²) in [4.78, 5) is 45.2. The van der Waals surface area contributed by atoms with E-state index < -0.39 is 5.41 Å². The SMILES string of the molecule is CCNC[C@H]1CN(c2cncc3ccccc23)C(=O)[C@@]12CN(Cc1cc(C)ncn1)C(=O)c1ccc(Cl)cc12. The zero-order valence-corrected chi connectivity index (χ0v) is 22.7. The molecule has 0 aliphatic carbocycles. The molecule has 0 saturated carbocycles. The molecule has 1 saturated heterocycles. The van der Waals surface area contributed by atoms with Crippen molar-refractivity contribution in [2.45, 2.75) is 25.8 Å². The normalized spacial score (nSPS) is 20.7. The van der Waals surface area contributed by atoms with Crippen LogP contribution in [0.4, 0.5) is 5.69 Å². The van der Waals surface area contributed by atoms with Gasteiger partial charge in [-0.25, -0.2) is 9.97 Å². The zero-order valence-electron chi connectivity index (χ0n) is 21.9. The van der Waals surface area contributed by atoms with Crippen LogP contribution in [-0.2, 0) is 16.8 Å². The van der Waals surface area contributed by atoms with Crippen LogP contribution in [0.5, 0.6) is 0 Å². The van der Waals surface area contributed by atoms with Crippen LogP contribution in [0.3, 0.4) is 0 Å². The molecule has 8 nitrogen and oxygen atoms in total. The van der Waals surface area contributed by atoms with E-state index in [4.69, 9.17) is 11.6 Å². The van der Waals surface area contributed by atoms with Gasteiger partial charge < -0.3 is 15.1 Å². The highest BCUT2D eigenvalue weighted by atomic mass is 35.5. The van der Waals surface area contributed by atoms with Crippen LogP contribution in [0.2, 0.25) is 5.02 Å². The van der Waals surface area contributed by atoms with Crippen LogP contribution >= 0.6 is 11.6 Å². The second-order valence-corrected chi connectivity index (χ2v) is 10.7. The Hall–Kier alpha value is -3.88. The third kappa shape index (κ3) is 4.24. The minimum Gasteiger partial charge on any atom is -0.331 e. The number of carbonyl (C=O) groups is 2. The Kier molecular flexibility index (Phi) is 6.53. The van der Waals surface area contributed by atoms with E-state index in [1.807, 2.05) is 54.4 Å². The lowest BCUT2D eigenvalue weighted by Crippen LogP contribution is -2.57. The van der Waals surface area contributed by atoms with Crippen LogP contribution < -0.4 is 10.2 Å². The maximum atomic E-state index is 14.8. The van der Waals surface area contributed by atoms with Crippen molar-refractivity contribution in [3.05, 3.63) is 94.8 Å². The van der Waals surface area contributed by atoms with Crippen LogP contribution in [0, 0.1) is 12.8 Å². The minimum atomic E-state index is -0.991. The number of aryl methyl sites for hydroxylation is 1. The number of rotatable bonds is 6. The smallest absolute Gasteiger partial charge is 0.254 e. The van der Waals surface area contributed by atoms with Gasteiger partial charge in [-0.2, -0.15) is 0 Å². The second kappa shape index (κ2) is 10.0. The number of hydrogen-bond acceptors (Lipinski definition) is 6. The van der Waals surface area contributed by atoms with E-state index in [9.17, 15) is 9.59 Å². The molecular weight excluding hydrogens is 512 g/mol. The first-order valence-electron chi connectivity index (χ1n) is 13.1. The van der Waals surface area contributed by atoms with Gasteiger partial charge in [0.05, 0.1) is 29.5 Å². The molecule has 4 aromatic rings. The number of benzene rings is 2. The average Bonchev–Trinajstić information content (AvgIpc) is 3.21. The Morgan fingerprint density at radius 3 is 2.77 bits per heavy atom. The number of aromatic nitrogens is 3. The number of nitrogens with zero attached hydrogens (tertiary/aromatic N) is 5. The topological polar surface area (TPSA) is 91.3 Å². The summed E-state index contributed by atoms with van der Waals surface area (Å²) in [7, 11) is 0. The molecule has 9 heteroatoms. The Morgan fingerprint density at radius 1 is 1.10 bits per heavy atom. The first kappa shape index (κ1) is 25.4. The molecule has 0 bridgehead atoms. The van der Waals surface area contributed by atoms with Gasteiger partial charge in [0.2, 0.25) is 5.91 Å². The van der Waals surface area contributed by atoms with E-state index in [1.54, 1.807) is 23.2 Å². The quantitative estimate of drug-likeness (QED) is 0.395. The van der Waals surface area contributed by atoms with Gasteiger partial charge in [0.25, 0.3) is 5.91 Å². The molecule has 39 heavy (non-hydrogen) atoms. The van der Waals surface area contributed by atoms with Gasteiger partial charge in [0, 0.05) is 58.8 Å². The van der Waals surface area contributed by atoms with Crippen molar-refractivity contribution >= 4 is 39.9 Å². The fraction of sp³-hybridized carbons (Fsp3) is 0.300. The first-order valence-corrected chi connectivity index (χ1v) is 13.5. The molecule has 2 aromatic carbocycles. The molecule has 4 heterocycles. The summed E-state index contributed by atoms with van der Waals surface area (Å²) in [6.07, 6.45) is 5.08. The number of amides is 2. The molecule has 6 rings (SSSR count). The van der Waals surface area contributed by atoms with E-state index in [1.165, 1.54) is 6.33 Å². The lowest BCUT2D eigenvalue weighted by molar-refractivity contribution is -0.123. The third-order valence-electron chi connectivity index (χ3n) is 7.94. The molecule has 1 spiro atoms. The molecule has 198 valence electrons. The summed E-state index contributed by atoms with van der Waals surface area (Å²) < 4.78 is 0. The van der Waals surface area contributed by atoms with Gasteiger partial charge >= 0.3 is 0 Å². The number of carbonyl (C=O) groups excluding carboxylic acids is 2. The van der Waals surface area contributed by atoms with Gasteiger partial charge in [-0.05, 0) is 43.3 Å². The van der Waals surface area contributed by atoms with Crippen LogP contribution in [-0.4, -0.2) is 57.8 Å². The number of pyridine rings is 1. The summed E-state index contributed by atoms with van der Waals surface area (Å²) in [5, 5.41) is 5.90. The van der Waals surface area contributed by atoms with E-state index in [0.29, 0.717) is 29.2 Å². The predicted octanol–water partition coefficient (Wildman–Crippen LogP) is 4.15. The molecule has 2 atom stereocenters. The van der Waals surface area contributed by atoms with Crippen LogP contribution in [0.1, 0.15) is 34.2 Å². The second-order valence-electron chi connectivity index (χ2n) is 10.3. The fourth-order valence-corrected chi connectivity index (χ4v) is 6.28. The number of anilines is 1. The summed E-state index contributed by atoms with van der Waals surface area (Å²) in [6.45, 7) is 6.32. The Balaban J connectivity index is 1.51. The van der Waals surface area contributed by atoms with Crippen molar-refractivity contribution in [2.75, 3.05) is 31.1 Å². The molecule has 2 aliphatic rings. The summed E-state index contributed by atoms with van der Waals surface area (Å²) in [6, 6.07) is 15.1. The zero-order chi connectivity index (χ0) is 27.1. The predicted molar refractivity (Wildman–Crippen MR) is 151 cm³/mol. The van der Waals surface area contributed by atoms with Crippen molar-refractivity contribution in [1.82, 2.24) is 25.2 Å². The van der Waals surface area contributed by atoms with Crippen molar-refractivity contribution in [3.63, 3.8) is 0 Å². The van der Waals surface area contributed by atoms with Gasteiger partial charge in [0.15, 0.2) is 0 Å². The van der Waals surface area contributed by atoms with Gasteiger partial charge in [-0.15, -0.1) is 0 Å². The van der Waals surface area contributed by atoms with E-state index in [-0.39, 0.29) is 30.8 Å². The molecule has 2 aliphatic heterocycles. The van der Waals surface area contributed by atoms with Crippen LogP contribution in [0.15, 0.2) is 67.3 Å². The maximum absolute atomic E-state index is 14.8. The third-order valence-corrected chi connectivity index (χ3v) is 8.17. The molecule has 2 aromatic heterocycles. The molecule has 1 N–H and O–H groups in total. The summed E-state index contributed by atoms with van der Waals surface area (Å²) >= 11 is 6.51. The highest BCUT2D eigenvalue weighted by molar-refractivity contribution is 6.31. The van der Waals surface area contributed by atoms with Crippen molar-refractivity contribution in [2.24, 2.45) is 5.92 Å². The van der Waals surface area contributed by atoms with Gasteiger partial charge in [-0.1, -0.05) is 42.8 Å². The van der Waals surface area contributed by atoms with Gasteiger partial charge in [0.1, 0.15) is 6.33 Å². The highest BCUT2D eigenvalue weighted by Crippen LogP contribution is 2.48. The number of halogens is 1. The molecular formula is C30H29ClN6O2. The maximum Gasteiger partial charge on any atom is 0.254 e. The van der Waals surface area contributed by atoms with Crippen molar-refractivity contribution in [1.29, 1.82) is 0 Å². The highest BCUT2D eigenvalue weighted by Gasteiger charge is 2.59. The number of nitrogens with one attached hydrogen (secondary N) is 1. The van der Waals surface area contributed by atoms with Crippen LogP contribution in [0.25, 0.3) is 10.8 Å². The summed E-state index contributed by atoms with van der Waals surface area (Å²) in [5.74, 6) is -0.309.